The summed E-state index contributed by atoms with van der Waals surface area (Å²) in [6.07, 6.45) is 0. The van der Waals surface area contributed by atoms with Gasteiger partial charge in [0.25, 0.3) is 0 Å². The van der Waals surface area contributed by atoms with Crippen LogP contribution in [0, 0.1) is 0 Å². The molecule has 1 aliphatic rings. The monoisotopic (exact) mass is 158 g/mol. The second kappa shape index (κ2) is 2.19. The molecule has 3 heteroatoms. The maximum absolute atomic E-state index is 9.73. The molecule has 0 aromatic carbocycles. The number of hydroxylamine groups is 2. The average Bonchev–Trinajstić information content (AvgIpc) is 1.94. The lowest BCUT2D eigenvalue weighted by Crippen LogP contribution is -2.49. The van der Waals surface area contributed by atoms with Crippen molar-refractivity contribution >= 4 is 0 Å². The summed E-state index contributed by atoms with van der Waals surface area (Å²) < 4.78 is 0. The van der Waals surface area contributed by atoms with E-state index >= 15 is 0 Å². The van der Waals surface area contributed by atoms with Gasteiger partial charge >= 0.3 is 0 Å². The number of hydrogen-bond donors (Lipinski definition) is 2. The molecule has 3 nitrogen and oxygen atoms in total. The van der Waals surface area contributed by atoms with Gasteiger partial charge in [-0.25, -0.2) is 0 Å². The zero-order valence-electron chi connectivity index (χ0n) is 7.97. The van der Waals surface area contributed by atoms with Crippen LogP contribution in [0.3, 0.4) is 0 Å². The van der Waals surface area contributed by atoms with Crippen molar-refractivity contribution in [1.29, 1.82) is 0 Å². The summed E-state index contributed by atoms with van der Waals surface area (Å²) >= 11 is 0. The average molecular weight is 158 g/mol. The van der Waals surface area contributed by atoms with E-state index in [0.29, 0.717) is 6.04 Å². The molecule has 1 rings (SSSR count). The molecule has 0 unspecified atom stereocenters. The van der Waals surface area contributed by atoms with Gasteiger partial charge in [0.15, 0.2) is 0 Å². The minimum Gasteiger partial charge on any atom is -0.312 e. The van der Waals surface area contributed by atoms with Crippen molar-refractivity contribution in [1.82, 2.24) is 10.4 Å². The first-order chi connectivity index (χ1) is 4.78. The molecular formula is C8H18N2O. The van der Waals surface area contributed by atoms with Gasteiger partial charge in [0.1, 0.15) is 0 Å². The van der Waals surface area contributed by atoms with E-state index in [1.807, 2.05) is 27.7 Å². The summed E-state index contributed by atoms with van der Waals surface area (Å²) in [5, 5.41) is 14.4. The van der Waals surface area contributed by atoms with Gasteiger partial charge in [-0.15, -0.1) is 0 Å². The van der Waals surface area contributed by atoms with E-state index in [-0.39, 0.29) is 11.2 Å². The fraction of sp³-hybridized carbons (Fsp3) is 1.00. The summed E-state index contributed by atoms with van der Waals surface area (Å²) in [7, 11) is 0. The van der Waals surface area contributed by atoms with Crippen molar-refractivity contribution in [2.24, 2.45) is 0 Å². The third-order valence-electron chi connectivity index (χ3n) is 2.70. The topological polar surface area (TPSA) is 35.5 Å². The van der Waals surface area contributed by atoms with Crippen LogP contribution in [0.5, 0.6) is 0 Å². The second-order valence-electron chi connectivity index (χ2n) is 4.39. The highest BCUT2D eigenvalue weighted by atomic mass is 16.5. The van der Waals surface area contributed by atoms with E-state index in [4.69, 9.17) is 0 Å². The minimum absolute atomic E-state index is 0.177. The summed E-state index contributed by atoms with van der Waals surface area (Å²) in [5.41, 5.74) is -0.480. The van der Waals surface area contributed by atoms with Crippen molar-refractivity contribution in [3.05, 3.63) is 0 Å². The Labute approximate surface area is 68.3 Å². The van der Waals surface area contributed by atoms with Gasteiger partial charge in [0, 0.05) is 6.04 Å². The summed E-state index contributed by atoms with van der Waals surface area (Å²) in [4.78, 5) is 0. The Morgan fingerprint density at radius 1 is 1.27 bits per heavy atom. The first-order valence-corrected chi connectivity index (χ1v) is 4.05. The molecule has 0 aliphatic carbocycles. The Kier molecular flexibility index (Phi) is 1.78. The maximum Gasteiger partial charge on any atom is 0.0903 e. The van der Waals surface area contributed by atoms with Gasteiger partial charge in [-0.3, -0.25) is 5.32 Å². The van der Waals surface area contributed by atoms with Crippen molar-refractivity contribution in [2.75, 3.05) is 0 Å². The van der Waals surface area contributed by atoms with Crippen molar-refractivity contribution in [3.8, 4) is 0 Å². The molecule has 11 heavy (non-hydrogen) atoms. The molecule has 0 saturated carbocycles. The Bertz CT molecular complexity index is 165. The van der Waals surface area contributed by atoms with E-state index in [2.05, 4.69) is 12.2 Å². The van der Waals surface area contributed by atoms with Crippen molar-refractivity contribution in [2.45, 2.75) is 51.9 Å². The molecule has 0 aromatic heterocycles. The highest BCUT2D eigenvalue weighted by Gasteiger charge is 2.48. The Balaban J connectivity index is 2.89. The van der Waals surface area contributed by atoms with Crippen LogP contribution in [0.4, 0.5) is 0 Å². The third-order valence-corrected chi connectivity index (χ3v) is 2.70. The lowest BCUT2D eigenvalue weighted by molar-refractivity contribution is -0.195. The predicted octanol–water partition coefficient (Wildman–Crippen LogP) is 1.18. The smallest absolute Gasteiger partial charge is 0.0903 e. The molecular weight excluding hydrogens is 140 g/mol. The van der Waals surface area contributed by atoms with Gasteiger partial charge in [-0.2, -0.15) is 5.06 Å². The highest BCUT2D eigenvalue weighted by molar-refractivity contribution is 5.01. The lowest BCUT2D eigenvalue weighted by atomic mass is 9.98. The van der Waals surface area contributed by atoms with Crippen LogP contribution in [0.25, 0.3) is 0 Å². The molecule has 1 aliphatic heterocycles. The molecule has 0 aromatic rings. The molecule has 0 bridgehead atoms. The normalized spacial score (nSPS) is 36.0. The predicted molar refractivity (Wildman–Crippen MR) is 44.4 cm³/mol. The number of rotatable bonds is 0. The van der Waals surface area contributed by atoms with Crippen LogP contribution >= 0.6 is 0 Å². The number of nitrogens with one attached hydrogen (secondary N) is 1. The molecule has 1 saturated heterocycles. The minimum atomic E-state index is -0.303. The third kappa shape index (κ3) is 1.17. The van der Waals surface area contributed by atoms with E-state index in [1.165, 1.54) is 5.06 Å². The summed E-state index contributed by atoms with van der Waals surface area (Å²) in [6.45, 7) is 10.1. The standard InChI is InChI=1S/C8H18N2O/c1-6-7(2,3)10(11)8(4,5)9-6/h6,9,11H,1-5H3/t6-/m0/s1. The molecule has 0 amide bonds. The molecule has 0 spiro atoms. The van der Waals surface area contributed by atoms with E-state index in [9.17, 15) is 5.21 Å². The van der Waals surface area contributed by atoms with Gasteiger partial charge in [0.2, 0.25) is 0 Å². The second-order valence-corrected chi connectivity index (χ2v) is 4.39. The summed E-state index contributed by atoms with van der Waals surface area (Å²) in [5.74, 6) is 0. The zero-order chi connectivity index (χ0) is 8.86. The van der Waals surface area contributed by atoms with Gasteiger partial charge in [-0.05, 0) is 34.6 Å². The lowest BCUT2D eigenvalue weighted by Gasteiger charge is -2.33. The fourth-order valence-electron chi connectivity index (χ4n) is 1.67. The quantitative estimate of drug-likeness (QED) is 0.556. The molecule has 1 heterocycles. The van der Waals surface area contributed by atoms with Gasteiger partial charge < -0.3 is 5.21 Å². The van der Waals surface area contributed by atoms with Crippen LogP contribution in [0.2, 0.25) is 0 Å². The number of nitrogens with zero attached hydrogens (tertiary/aromatic N) is 1. The van der Waals surface area contributed by atoms with E-state index < -0.39 is 0 Å². The molecule has 1 atom stereocenters. The van der Waals surface area contributed by atoms with Crippen LogP contribution in [-0.4, -0.2) is 27.5 Å². The first-order valence-electron chi connectivity index (χ1n) is 4.05. The van der Waals surface area contributed by atoms with Gasteiger partial charge in [-0.1, -0.05) is 0 Å². The van der Waals surface area contributed by atoms with Gasteiger partial charge in [0.05, 0.1) is 11.2 Å². The van der Waals surface area contributed by atoms with Crippen LogP contribution < -0.4 is 5.32 Å². The molecule has 1 fully saturated rings. The van der Waals surface area contributed by atoms with E-state index in [1.54, 1.807) is 0 Å². The van der Waals surface area contributed by atoms with Crippen molar-refractivity contribution < 1.29 is 5.21 Å². The molecule has 2 N–H and O–H groups in total. The van der Waals surface area contributed by atoms with Crippen molar-refractivity contribution in [3.63, 3.8) is 0 Å². The largest absolute Gasteiger partial charge is 0.312 e. The van der Waals surface area contributed by atoms with Crippen LogP contribution in [0.1, 0.15) is 34.6 Å². The highest BCUT2D eigenvalue weighted by Crippen LogP contribution is 2.31. The van der Waals surface area contributed by atoms with E-state index in [0.717, 1.165) is 0 Å². The first kappa shape index (κ1) is 8.97. The SMILES string of the molecule is C[C@@H]1NC(C)(C)N(O)C1(C)C. The Hall–Kier alpha value is -0.120. The Morgan fingerprint density at radius 2 is 1.73 bits per heavy atom. The molecule has 0 radical (unpaired) electrons. The fourth-order valence-corrected chi connectivity index (χ4v) is 1.67. The molecule has 66 valence electrons. The zero-order valence-corrected chi connectivity index (χ0v) is 7.97. The maximum atomic E-state index is 9.73. The summed E-state index contributed by atoms with van der Waals surface area (Å²) in [6, 6.07) is 0.308. The van der Waals surface area contributed by atoms with Crippen LogP contribution in [0.15, 0.2) is 0 Å². The Morgan fingerprint density at radius 3 is 1.82 bits per heavy atom. The number of hydrogen-bond acceptors (Lipinski definition) is 3. The van der Waals surface area contributed by atoms with Crippen LogP contribution in [-0.2, 0) is 0 Å².